The summed E-state index contributed by atoms with van der Waals surface area (Å²) in [4.78, 5) is 116. The fraction of sp³-hybridized carbons (Fsp3) is 0.250. The Bertz CT molecular complexity index is 792. The van der Waals surface area contributed by atoms with E-state index in [1.54, 1.807) is 0 Å². The van der Waals surface area contributed by atoms with Gasteiger partial charge in [-0.1, -0.05) is 0 Å². The first kappa shape index (κ1) is 42.4. The summed E-state index contributed by atoms with van der Waals surface area (Å²) in [7, 11) is 0. The van der Waals surface area contributed by atoms with Crippen molar-refractivity contribution in [3.63, 3.8) is 0 Å². The van der Waals surface area contributed by atoms with Gasteiger partial charge in [-0.25, -0.2) is 19.2 Å². The van der Waals surface area contributed by atoms with Crippen LogP contribution >= 0.6 is 0 Å². The molecule has 0 aliphatic carbocycles. The van der Waals surface area contributed by atoms with Crippen LogP contribution in [0.15, 0.2) is 0 Å². The van der Waals surface area contributed by atoms with Crippen molar-refractivity contribution >= 4 is 94.8 Å². The van der Waals surface area contributed by atoms with Gasteiger partial charge in [-0.3, -0.25) is 19.2 Å². The van der Waals surface area contributed by atoms with E-state index in [1.807, 2.05) is 0 Å². The Morgan fingerprint density at radius 3 is 0.486 bits per heavy atom. The van der Waals surface area contributed by atoms with Crippen molar-refractivity contribution < 1.29 is 98.4 Å². The molecule has 0 heterocycles. The van der Waals surface area contributed by atoms with E-state index in [4.69, 9.17) is 20.4 Å². The minimum Gasteiger partial charge on any atom is -0.550 e. The number of Topliss-reactive ketones (excluding diaryl/α,β-unsaturated/α-hetero) is 4. The Kier molecular flexibility index (Phi) is 26.4. The van der Waals surface area contributed by atoms with E-state index in [0.29, 0.717) is 0 Å². The van der Waals surface area contributed by atoms with Gasteiger partial charge in [-0.15, -0.1) is 0 Å². The second-order valence-corrected chi connectivity index (χ2v) is 5.11. The van der Waals surface area contributed by atoms with Crippen LogP contribution in [0.2, 0.25) is 0 Å². The molecule has 0 aromatic carbocycles. The van der Waals surface area contributed by atoms with Crippen LogP contribution in [0.3, 0.4) is 0 Å². The van der Waals surface area contributed by atoms with Crippen LogP contribution in [0.4, 0.5) is 0 Å². The normalized spacial score (nSPS) is 8.22. The second-order valence-electron chi connectivity index (χ2n) is 5.11. The van der Waals surface area contributed by atoms with Crippen LogP contribution < -0.4 is 20.4 Å². The number of aliphatic carboxylic acids is 8. The summed E-state index contributed by atoms with van der Waals surface area (Å²) in [6.45, 7) is 0. The Labute approximate surface area is 219 Å². The molecule has 0 aliphatic heterocycles. The number of carboxylic acid groups (broad SMARTS) is 8. The van der Waals surface area contributed by atoms with Gasteiger partial charge in [0.1, 0.15) is 0 Å². The summed E-state index contributed by atoms with van der Waals surface area (Å²) < 4.78 is 0. The van der Waals surface area contributed by atoms with Crippen LogP contribution in [0.1, 0.15) is 25.7 Å². The molecule has 0 radical (unpaired) electrons. The Balaban J connectivity index is -0.000000122. The predicted molar refractivity (Wildman–Crippen MR) is 94.8 cm³/mol. The minimum absolute atomic E-state index is 0. The molecule has 37 heavy (non-hydrogen) atoms. The van der Waals surface area contributed by atoms with Gasteiger partial charge in [0.15, 0.2) is 0 Å². The number of carbonyl (C=O) groups is 12. The number of carboxylic acids is 8. The van der Waals surface area contributed by atoms with Gasteiger partial charge in [-0.05, 0) is 0 Å². The second kappa shape index (κ2) is 23.0. The first-order chi connectivity index (χ1) is 16.1. The summed E-state index contributed by atoms with van der Waals surface area (Å²) in [6.07, 6.45) is -4.24. The summed E-state index contributed by atoms with van der Waals surface area (Å²) >= 11 is 0. The summed E-state index contributed by atoms with van der Waals surface area (Å²) in [5, 5.41) is 69.2. The monoisotopic (exact) mass is 644 g/mol. The first-order valence-corrected chi connectivity index (χ1v) is 7.99. The van der Waals surface area contributed by atoms with Gasteiger partial charge in [0.25, 0.3) is 0 Å². The molecule has 4 N–H and O–H groups in total. The molecule has 0 aromatic heterocycles. The summed E-state index contributed by atoms with van der Waals surface area (Å²) in [5.41, 5.74) is 0. The third kappa shape index (κ3) is 36.0. The molecule has 0 aromatic rings. The van der Waals surface area contributed by atoms with Gasteiger partial charge in [0, 0.05) is 23.9 Å². The molecule has 0 amide bonds. The number of hydrogen-bond acceptors (Lipinski definition) is 16. The van der Waals surface area contributed by atoms with Crippen molar-refractivity contribution in [2.24, 2.45) is 0 Å². The molecule has 200 valence electrons. The van der Waals surface area contributed by atoms with E-state index in [2.05, 4.69) is 0 Å². The van der Waals surface area contributed by atoms with Crippen molar-refractivity contribution in [1.29, 1.82) is 0 Å². The first-order valence-electron chi connectivity index (χ1n) is 7.99. The summed E-state index contributed by atoms with van der Waals surface area (Å²) in [5.74, 6) is -19.2. The Morgan fingerprint density at radius 2 is 0.459 bits per heavy atom. The van der Waals surface area contributed by atoms with Gasteiger partial charge in [0.05, 0.1) is 25.7 Å². The molecule has 0 fully saturated rings. The number of carbonyl (C=O) groups excluding carboxylic acids is 8. The van der Waals surface area contributed by atoms with Crippen molar-refractivity contribution in [2.45, 2.75) is 25.7 Å². The van der Waals surface area contributed by atoms with E-state index >= 15 is 0 Å². The van der Waals surface area contributed by atoms with E-state index in [1.165, 1.54) is 0 Å². The number of ketones is 4. The van der Waals surface area contributed by atoms with Crippen molar-refractivity contribution in [1.82, 2.24) is 0 Å². The molecule has 0 aliphatic rings. The molecular formula is C16H12O20Sn. The maximum atomic E-state index is 9.93. The van der Waals surface area contributed by atoms with Crippen LogP contribution in [0.25, 0.3) is 0 Å². The molecule has 0 bridgehead atoms. The summed E-state index contributed by atoms with van der Waals surface area (Å²) in [6, 6.07) is 0. The van der Waals surface area contributed by atoms with Crippen molar-refractivity contribution in [3.8, 4) is 0 Å². The zero-order chi connectivity index (χ0) is 29.8. The van der Waals surface area contributed by atoms with Crippen molar-refractivity contribution in [3.05, 3.63) is 0 Å². The largest absolute Gasteiger partial charge is 4.00 e. The third-order valence-corrected chi connectivity index (χ3v) is 2.17. The topological polar surface area (TPSA) is 378 Å². The quantitative estimate of drug-likeness (QED) is 0.0871. The average Bonchev–Trinajstić information content (AvgIpc) is 2.67. The van der Waals surface area contributed by atoms with Gasteiger partial charge >= 0.3 is 47.8 Å². The average molecular weight is 643 g/mol. The molecule has 0 rings (SSSR count). The molecule has 0 saturated heterocycles. The SMILES string of the molecule is O=C([O-])CC(=O)C(=O)O.O=C([O-])CC(=O)C(=O)O.O=C([O-])CC(=O)C(=O)O.O=C([O-])CC(=O)C(=O)O.[Sn+4]. The third-order valence-electron chi connectivity index (χ3n) is 2.17. The molecule has 20 nitrogen and oxygen atoms in total. The zero-order valence-corrected chi connectivity index (χ0v) is 20.5. The van der Waals surface area contributed by atoms with Crippen LogP contribution in [0.5, 0.6) is 0 Å². The molecule has 21 heteroatoms. The minimum atomic E-state index is -1.75. The van der Waals surface area contributed by atoms with E-state index in [0.717, 1.165) is 0 Å². The van der Waals surface area contributed by atoms with E-state index in [-0.39, 0.29) is 23.9 Å². The smallest absolute Gasteiger partial charge is 0.550 e. The van der Waals surface area contributed by atoms with Crippen LogP contribution in [-0.4, -0.2) is 115 Å². The van der Waals surface area contributed by atoms with E-state index in [9.17, 15) is 78.0 Å². The molecule has 0 saturated carbocycles. The predicted octanol–water partition coefficient (Wildman–Crippen LogP) is -9.26. The van der Waals surface area contributed by atoms with E-state index < -0.39 is 96.6 Å². The fourth-order valence-electron chi connectivity index (χ4n) is 0.827. The van der Waals surface area contributed by atoms with Gasteiger partial charge < -0.3 is 60.0 Å². The Hall–Kier alpha value is -4.76. The maximum absolute atomic E-state index is 9.93. The number of hydrogen-bond donors (Lipinski definition) is 4. The fourth-order valence-corrected chi connectivity index (χ4v) is 0.827. The van der Waals surface area contributed by atoms with Crippen LogP contribution in [0, 0.1) is 0 Å². The van der Waals surface area contributed by atoms with Gasteiger partial charge in [-0.2, -0.15) is 0 Å². The Morgan fingerprint density at radius 1 is 0.351 bits per heavy atom. The molecule has 0 atom stereocenters. The molecular weight excluding hydrogens is 631 g/mol. The number of rotatable bonds is 12. The van der Waals surface area contributed by atoms with Crippen LogP contribution in [-0.2, 0) is 57.5 Å². The molecule has 0 unspecified atom stereocenters. The standard InChI is InChI=1S/4C4H4O5.Sn/c4*5-2(4(8)9)1-3(6)7;/h4*1H2,(H,6,7)(H,8,9);/q;;;;+4/p-4. The zero-order valence-electron chi connectivity index (χ0n) is 17.6. The maximum Gasteiger partial charge on any atom is 4.00 e. The van der Waals surface area contributed by atoms with Crippen molar-refractivity contribution in [2.75, 3.05) is 0 Å². The molecule has 0 spiro atoms. The van der Waals surface area contributed by atoms with Gasteiger partial charge in [0.2, 0.25) is 23.1 Å².